The maximum absolute atomic E-state index is 9.50. The second-order valence-electron chi connectivity index (χ2n) is 5.31. The lowest BCUT2D eigenvalue weighted by Gasteiger charge is -2.10. The molecule has 2 unspecified atom stereocenters. The number of halogens is 1. The second kappa shape index (κ2) is 5.53. The maximum Gasteiger partial charge on any atom is 0.199 e. The average molecular weight is 280 g/mol. The van der Waals surface area contributed by atoms with E-state index in [0.717, 1.165) is 42.3 Å². The van der Waals surface area contributed by atoms with Gasteiger partial charge >= 0.3 is 0 Å². The lowest BCUT2D eigenvalue weighted by molar-refractivity contribution is 0.177. The van der Waals surface area contributed by atoms with Gasteiger partial charge < -0.3 is 14.8 Å². The molecule has 1 fully saturated rings. The summed E-state index contributed by atoms with van der Waals surface area (Å²) < 4.78 is 5.52. The van der Waals surface area contributed by atoms with E-state index in [9.17, 15) is 5.11 Å². The summed E-state index contributed by atoms with van der Waals surface area (Å²) in [5.74, 6) is 0.576. The molecule has 1 aliphatic carbocycles. The Morgan fingerprint density at radius 1 is 1.32 bits per heavy atom. The van der Waals surface area contributed by atoms with Crippen LogP contribution >= 0.6 is 11.6 Å². The van der Waals surface area contributed by atoms with Crippen LogP contribution in [0.1, 0.15) is 24.8 Å². The number of fused-ring (bicyclic) bond motifs is 1. The molecule has 2 N–H and O–H groups in total. The number of hydrogen-bond acceptors (Lipinski definition) is 3. The first-order valence-corrected chi connectivity index (χ1v) is 7.16. The largest absolute Gasteiger partial charge is 0.444 e. The van der Waals surface area contributed by atoms with Crippen molar-refractivity contribution < 1.29 is 9.52 Å². The molecule has 102 valence electrons. The smallest absolute Gasteiger partial charge is 0.199 e. The summed E-state index contributed by atoms with van der Waals surface area (Å²) >= 11 is 6.14. The van der Waals surface area contributed by atoms with E-state index < -0.39 is 0 Å². The van der Waals surface area contributed by atoms with Crippen molar-refractivity contribution in [1.29, 1.82) is 0 Å². The van der Waals surface area contributed by atoms with Crippen LogP contribution < -0.4 is 5.32 Å². The lowest BCUT2D eigenvalue weighted by atomic mass is 10.1. The minimum absolute atomic E-state index is 0.106. The van der Waals surface area contributed by atoms with Gasteiger partial charge in [0.05, 0.1) is 6.10 Å². The third-order valence-corrected chi connectivity index (χ3v) is 4.20. The number of rotatable bonds is 4. The monoisotopic (exact) mass is 279 g/mol. The van der Waals surface area contributed by atoms with Crippen LogP contribution in [-0.2, 0) is 6.54 Å². The van der Waals surface area contributed by atoms with Crippen molar-refractivity contribution in [3.63, 3.8) is 0 Å². The molecule has 0 radical (unpaired) electrons. The van der Waals surface area contributed by atoms with E-state index in [4.69, 9.17) is 16.0 Å². The fourth-order valence-corrected chi connectivity index (χ4v) is 3.12. The van der Waals surface area contributed by atoms with Crippen molar-refractivity contribution in [3.8, 4) is 0 Å². The Balaban J connectivity index is 1.63. The number of nitrogens with one attached hydrogen (secondary N) is 1. The van der Waals surface area contributed by atoms with Crippen LogP contribution in [0.3, 0.4) is 0 Å². The maximum atomic E-state index is 9.50. The molecule has 1 aromatic heterocycles. The number of hydrogen-bond donors (Lipinski definition) is 2. The molecule has 1 saturated carbocycles. The van der Waals surface area contributed by atoms with Crippen molar-refractivity contribution in [2.24, 2.45) is 5.92 Å². The standard InChI is InChI=1S/C15H18ClNO2/c16-15-13(12-3-1-2-4-14(12)19-15)9-17-8-10-5-6-11(18)7-10/h1-4,10-11,17-18H,5-9H2. The van der Waals surface area contributed by atoms with Crippen LogP contribution in [0.5, 0.6) is 0 Å². The molecule has 3 nitrogen and oxygen atoms in total. The van der Waals surface area contributed by atoms with Gasteiger partial charge in [-0.1, -0.05) is 18.2 Å². The number of aliphatic hydroxyl groups excluding tert-OH is 1. The lowest BCUT2D eigenvalue weighted by Crippen LogP contribution is -2.21. The molecule has 0 spiro atoms. The molecule has 4 heteroatoms. The van der Waals surface area contributed by atoms with Gasteiger partial charge in [0.15, 0.2) is 5.22 Å². The first kappa shape index (κ1) is 13.0. The Hall–Kier alpha value is -1.03. The summed E-state index contributed by atoms with van der Waals surface area (Å²) in [5.41, 5.74) is 1.86. The molecule has 0 bridgehead atoms. The van der Waals surface area contributed by atoms with Crippen LogP contribution in [-0.4, -0.2) is 17.8 Å². The fourth-order valence-electron chi connectivity index (χ4n) is 2.87. The zero-order chi connectivity index (χ0) is 13.2. The van der Waals surface area contributed by atoms with Crippen molar-refractivity contribution in [2.75, 3.05) is 6.54 Å². The van der Waals surface area contributed by atoms with Crippen molar-refractivity contribution >= 4 is 22.6 Å². The Labute approximate surface area is 117 Å². The van der Waals surface area contributed by atoms with Crippen molar-refractivity contribution in [2.45, 2.75) is 31.9 Å². The van der Waals surface area contributed by atoms with Crippen LogP contribution in [0, 0.1) is 5.92 Å². The Morgan fingerprint density at radius 3 is 2.95 bits per heavy atom. The van der Waals surface area contributed by atoms with Gasteiger partial charge in [-0.3, -0.25) is 0 Å². The minimum atomic E-state index is -0.106. The van der Waals surface area contributed by atoms with Gasteiger partial charge in [0.2, 0.25) is 0 Å². The van der Waals surface area contributed by atoms with E-state index in [0.29, 0.717) is 17.7 Å². The molecular formula is C15H18ClNO2. The molecule has 0 saturated heterocycles. The van der Waals surface area contributed by atoms with Crippen LogP contribution in [0.2, 0.25) is 5.22 Å². The first-order valence-electron chi connectivity index (χ1n) is 6.78. The topological polar surface area (TPSA) is 45.4 Å². The van der Waals surface area contributed by atoms with Crippen LogP contribution in [0.15, 0.2) is 28.7 Å². The molecule has 3 rings (SSSR count). The Morgan fingerprint density at radius 2 is 2.16 bits per heavy atom. The predicted molar refractivity (Wildman–Crippen MR) is 76.3 cm³/mol. The fraction of sp³-hybridized carbons (Fsp3) is 0.467. The van der Waals surface area contributed by atoms with Gasteiger partial charge in [-0.05, 0) is 49.4 Å². The van der Waals surface area contributed by atoms with E-state index in [1.807, 2.05) is 24.3 Å². The van der Waals surface area contributed by atoms with E-state index in [2.05, 4.69) is 5.32 Å². The molecule has 0 aliphatic heterocycles. The van der Waals surface area contributed by atoms with Crippen LogP contribution in [0.4, 0.5) is 0 Å². The highest BCUT2D eigenvalue weighted by Gasteiger charge is 2.22. The molecule has 1 aliphatic rings. The average Bonchev–Trinajstić information content (AvgIpc) is 2.94. The SMILES string of the molecule is OC1CCC(CNCc2c(Cl)oc3ccccc23)C1. The summed E-state index contributed by atoms with van der Waals surface area (Å²) in [7, 11) is 0. The first-order chi connectivity index (χ1) is 9.24. The predicted octanol–water partition coefficient (Wildman–Crippen LogP) is 3.34. The van der Waals surface area contributed by atoms with Gasteiger partial charge in [-0.15, -0.1) is 0 Å². The zero-order valence-corrected chi connectivity index (χ0v) is 11.5. The second-order valence-corrected chi connectivity index (χ2v) is 5.66. The minimum Gasteiger partial charge on any atom is -0.444 e. The van der Waals surface area contributed by atoms with Gasteiger partial charge in [0.1, 0.15) is 5.58 Å². The zero-order valence-electron chi connectivity index (χ0n) is 10.7. The molecule has 2 aromatic rings. The van der Waals surface area contributed by atoms with Gasteiger partial charge in [-0.25, -0.2) is 0 Å². The Bertz CT molecular complexity index is 566. The molecule has 2 atom stereocenters. The van der Waals surface area contributed by atoms with Gasteiger partial charge in [0, 0.05) is 17.5 Å². The summed E-state index contributed by atoms with van der Waals surface area (Å²) in [4.78, 5) is 0. The van der Waals surface area contributed by atoms with E-state index in [1.54, 1.807) is 0 Å². The van der Waals surface area contributed by atoms with E-state index in [-0.39, 0.29) is 6.10 Å². The van der Waals surface area contributed by atoms with Crippen molar-refractivity contribution in [3.05, 3.63) is 35.0 Å². The normalized spacial score (nSPS) is 23.3. The van der Waals surface area contributed by atoms with E-state index >= 15 is 0 Å². The molecular weight excluding hydrogens is 262 g/mol. The summed E-state index contributed by atoms with van der Waals surface area (Å²) in [6.07, 6.45) is 2.84. The van der Waals surface area contributed by atoms with E-state index in [1.165, 1.54) is 0 Å². The number of benzene rings is 1. The third-order valence-electron chi connectivity index (χ3n) is 3.90. The molecule has 0 amide bonds. The van der Waals surface area contributed by atoms with Crippen molar-refractivity contribution in [1.82, 2.24) is 5.32 Å². The van der Waals surface area contributed by atoms with Crippen LogP contribution in [0.25, 0.3) is 11.0 Å². The highest BCUT2D eigenvalue weighted by atomic mass is 35.5. The Kier molecular flexibility index (Phi) is 3.78. The summed E-state index contributed by atoms with van der Waals surface area (Å²) in [5, 5.41) is 14.5. The highest BCUT2D eigenvalue weighted by Crippen LogP contribution is 2.30. The number of furan rings is 1. The summed E-state index contributed by atoms with van der Waals surface area (Å²) in [6, 6.07) is 7.89. The molecule has 19 heavy (non-hydrogen) atoms. The highest BCUT2D eigenvalue weighted by molar-refractivity contribution is 6.30. The quantitative estimate of drug-likeness (QED) is 0.902. The van der Waals surface area contributed by atoms with Gasteiger partial charge in [-0.2, -0.15) is 0 Å². The third kappa shape index (κ3) is 2.78. The number of para-hydroxylation sites is 1. The molecule has 1 heterocycles. The van der Waals surface area contributed by atoms with Gasteiger partial charge in [0.25, 0.3) is 0 Å². The number of aliphatic hydroxyl groups is 1. The summed E-state index contributed by atoms with van der Waals surface area (Å²) in [6.45, 7) is 1.63. The molecule has 1 aromatic carbocycles.